The molecular weight excluding hydrogens is 220 g/mol. The highest BCUT2D eigenvalue weighted by Crippen LogP contribution is 2.13. The van der Waals surface area contributed by atoms with E-state index in [0.29, 0.717) is 0 Å². The normalized spacial score (nSPS) is 13.2. The van der Waals surface area contributed by atoms with Crippen molar-refractivity contribution >= 4 is 12.7 Å². The van der Waals surface area contributed by atoms with Gasteiger partial charge in [-0.3, -0.25) is 0 Å². The molecule has 0 fully saturated rings. The Kier molecular flexibility index (Phi) is 5.19. The fourth-order valence-corrected chi connectivity index (χ4v) is 1.68. The molecule has 0 saturated heterocycles. The Bertz CT molecular complexity index is 589. The summed E-state index contributed by atoms with van der Waals surface area (Å²) in [5.74, 6) is 0.239. The summed E-state index contributed by atoms with van der Waals surface area (Å²) in [5, 5.41) is 11.1. The van der Waals surface area contributed by atoms with E-state index in [1.165, 1.54) is 5.57 Å². The maximum Gasteiger partial charge on any atom is 0.116 e. The largest absolute Gasteiger partial charge is 0.508 e. The number of phenols is 1. The highest BCUT2D eigenvalue weighted by atomic mass is 16.3. The van der Waals surface area contributed by atoms with Crippen molar-refractivity contribution in [2.45, 2.75) is 20.3 Å². The molecule has 0 aliphatic rings. The third kappa shape index (κ3) is 3.77. The molecule has 1 aromatic carbocycles. The van der Waals surface area contributed by atoms with E-state index in [2.05, 4.69) is 26.2 Å². The fraction of sp³-hybridized carbons (Fsp3) is 0.176. The maximum atomic E-state index is 9.35. The van der Waals surface area contributed by atoms with Crippen molar-refractivity contribution in [3.05, 3.63) is 64.6 Å². The van der Waals surface area contributed by atoms with E-state index in [9.17, 15) is 5.11 Å². The Morgan fingerprint density at radius 3 is 2.67 bits per heavy atom. The van der Waals surface area contributed by atoms with Crippen LogP contribution in [0.1, 0.15) is 20.3 Å². The zero-order chi connectivity index (χ0) is 13.5. The smallest absolute Gasteiger partial charge is 0.116 e. The molecular formula is C17H20O. The Hall–Kier alpha value is -2.02. The summed E-state index contributed by atoms with van der Waals surface area (Å²) in [5.41, 5.74) is 2.17. The summed E-state index contributed by atoms with van der Waals surface area (Å²) >= 11 is 0. The average Bonchev–Trinajstić information content (AvgIpc) is 2.34. The van der Waals surface area contributed by atoms with Crippen molar-refractivity contribution in [3.63, 3.8) is 0 Å². The van der Waals surface area contributed by atoms with Crippen molar-refractivity contribution in [1.29, 1.82) is 0 Å². The lowest BCUT2D eigenvalue weighted by atomic mass is 10.0. The van der Waals surface area contributed by atoms with Gasteiger partial charge < -0.3 is 5.11 Å². The van der Waals surface area contributed by atoms with Gasteiger partial charge in [-0.2, -0.15) is 0 Å². The Labute approximate surface area is 109 Å². The molecule has 0 bridgehead atoms. The number of rotatable bonds is 4. The molecule has 0 unspecified atom stereocenters. The zero-order valence-corrected chi connectivity index (χ0v) is 11.1. The lowest BCUT2D eigenvalue weighted by Gasteiger charge is -2.03. The molecule has 94 valence electrons. The van der Waals surface area contributed by atoms with Crippen molar-refractivity contribution in [3.8, 4) is 5.75 Å². The molecule has 1 heteroatoms. The van der Waals surface area contributed by atoms with E-state index in [4.69, 9.17) is 0 Å². The van der Waals surface area contributed by atoms with Gasteiger partial charge in [0.25, 0.3) is 0 Å². The van der Waals surface area contributed by atoms with E-state index in [1.54, 1.807) is 12.1 Å². The first-order valence-electron chi connectivity index (χ1n) is 6.09. The van der Waals surface area contributed by atoms with Crippen molar-refractivity contribution in [1.82, 2.24) is 0 Å². The molecule has 0 atom stereocenters. The van der Waals surface area contributed by atoms with Crippen LogP contribution in [0, 0.1) is 0 Å². The van der Waals surface area contributed by atoms with E-state index >= 15 is 0 Å². The zero-order valence-electron chi connectivity index (χ0n) is 11.1. The third-order valence-electron chi connectivity index (χ3n) is 2.74. The molecule has 1 nitrogen and oxygen atoms in total. The quantitative estimate of drug-likeness (QED) is 0.802. The Morgan fingerprint density at radius 2 is 2.11 bits per heavy atom. The summed E-state index contributed by atoms with van der Waals surface area (Å²) in [7, 11) is 0. The predicted molar refractivity (Wildman–Crippen MR) is 79.7 cm³/mol. The van der Waals surface area contributed by atoms with Crippen LogP contribution in [-0.4, -0.2) is 5.11 Å². The van der Waals surface area contributed by atoms with Gasteiger partial charge in [0.05, 0.1) is 0 Å². The molecule has 0 amide bonds. The Balaban J connectivity index is 3.16. The number of aromatic hydroxyl groups is 1. The molecule has 0 heterocycles. The molecule has 1 N–H and O–H groups in total. The van der Waals surface area contributed by atoms with E-state index < -0.39 is 0 Å². The summed E-state index contributed by atoms with van der Waals surface area (Å²) in [6, 6.07) is 5.17. The first kappa shape index (κ1) is 14.0. The van der Waals surface area contributed by atoms with Crippen LogP contribution in [-0.2, 0) is 0 Å². The molecule has 0 spiro atoms. The second kappa shape index (κ2) is 6.65. The van der Waals surface area contributed by atoms with Gasteiger partial charge >= 0.3 is 0 Å². The van der Waals surface area contributed by atoms with Gasteiger partial charge in [0.1, 0.15) is 5.75 Å². The lowest BCUT2D eigenvalue weighted by molar-refractivity contribution is 0.474. The van der Waals surface area contributed by atoms with Crippen LogP contribution in [0.15, 0.2) is 54.2 Å². The minimum atomic E-state index is 0.239. The summed E-state index contributed by atoms with van der Waals surface area (Å²) in [4.78, 5) is 0. The minimum Gasteiger partial charge on any atom is -0.508 e. The predicted octanol–water partition coefficient (Wildman–Crippen LogP) is 3.05. The number of hydrogen-bond acceptors (Lipinski definition) is 1. The van der Waals surface area contributed by atoms with Crippen molar-refractivity contribution in [2.75, 3.05) is 0 Å². The van der Waals surface area contributed by atoms with Crippen molar-refractivity contribution in [2.24, 2.45) is 0 Å². The first-order chi connectivity index (χ1) is 8.58. The molecule has 1 rings (SSSR count). The molecule has 0 aromatic heterocycles. The van der Waals surface area contributed by atoms with Gasteiger partial charge in [-0.15, -0.1) is 0 Å². The van der Waals surface area contributed by atoms with Crippen LogP contribution >= 0.6 is 0 Å². The molecule has 0 aliphatic carbocycles. The summed E-state index contributed by atoms with van der Waals surface area (Å²) < 4.78 is 0. The van der Waals surface area contributed by atoms with Gasteiger partial charge in [0.15, 0.2) is 0 Å². The van der Waals surface area contributed by atoms with E-state index in [0.717, 1.165) is 22.4 Å². The molecule has 1 aromatic rings. The number of allylic oxidation sites excluding steroid dienone is 5. The van der Waals surface area contributed by atoms with Crippen LogP contribution < -0.4 is 10.4 Å². The van der Waals surface area contributed by atoms with Gasteiger partial charge in [0, 0.05) is 0 Å². The SMILES string of the molecule is C=C(/C=c1/ccc(O)cc1=C)/C(=C/C=C\C)CC. The second-order valence-corrected chi connectivity index (χ2v) is 4.12. The maximum absolute atomic E-state index is 9.35. The highest BCUT2D eigenvalue weighted by Gasteiger charge is 1.96. The first-order valence-corrected chi connectivity index (χ1v) is 6.09. The fourth-order valence-electron chi connectivity index (χ4n) is 1.68. The Morgan fingerprint density at radius 1 is 1.39 bits per heavy atom. The topological polar surface area (TPSA) is 20.2 Å². The standard InChI is InChI=1S/C17H20O/c1-5-7-8-15(6-2)13(3)11-16-9-10-17(18)12-14(16)4/h5,7-12,18H,3-4,6H2,1-2H3/b7-5-,15-8+,16-11-. The van der Waals surface area contributed by atoms with Crippen LogP contribution in [0.5, 0.6) is 5.75 Å². The monoisotopic (exact) mass is 240 g/mol. The highest BCUT2D eigenvalue weighted by molar-refractivity contribution is 5.57. The molecule has 0 saturated carbocycles. The number of benzene rings is 1. The average molecular weight is 240 g/mol. The molecule has 18 heavy (non-hydrogen) atoms. The van der Waals surface area contributed by atoms with Crippen LogP contribution in [0.2, 0.25) is 0 Å². The minimum absolute atomic E-state index is 0.239. The number of hydrogen-bond donors (Lipinski definition) is 1. The van der Waals surface area contributed by atoms with Crippen LogP contribution in [0.25, 0.3) is 12.7 Å². The summed E-state index contributed by atoms with van der Waals surface area (Å²) in [6.45, 7) is 12.1. The van der Waals surface area contributed by atoms with E-state index in [-0.39, 0.29) is 5.75 Å². The van der Waals surface area contributed by atoms with Crippen LogP contribution in [0.4, 0.5) is 0 Å². The van der Waals surface area contributed by atoms with Gasteiger partial charge in [-0.25, -0.2) is 0 Å². The number of phenolic OH excluding ortho intramolecular Hbond substituents is 1. The van der Waals surface area contributed by atoms with Crippen LogP contribution in [0.3, 0.4) is 0 Å². The lowest BCUT2D eigenvalue weighted by Crippen LogP contribution is -2.22. The molecule has 0 aliphatic heterocycles. The van der Waals surface area contributed by atoms with E-state index in [1.807, 2.05) is 31.2 Å². The van der Waals surface area contributed by atoms with Gasteiger partial charge in [0.2, 0.25) is 0 Å². The second-order valence-electron chi connectivity index (χ2n) is 4.12. The third-order valence-corrected chi connectivity index (χ3v) is 2.74. The van der Waals surface area contributed by atoms with Gasteiger partial charge in [-0.1, -0.05) is 44.4 Å². The molecule has 0 radical (unpaired) electrons. The van der Waals surface area contributed by atoms with Crippen molar-refractivity contribution < 1.29 is 5.11 Å². The van der Waals surface area contributed by atoms with Gasteiger partial charge in [-0.05, 0) is 53.1 Å². The summed E-state index contributed by atoms with van der Waals surface area (Å²) in [6.07, 6.45) is 9.02.